The number of piperidine rings is 1. The van der Waals surface area contributed by atoms with Gasteiger partial charge in [-0.1, -0.05) is 24.3 Å². The molecule has 1 fully saturated rings. The van der Waals surface area contributed by atoms with Gasteiger partial charge in [0.25, 0.3) is 11.8 Å². The van der Waals surface area contributed by atoms with Gasteiger partial charge in [0, 0.05) is 19.5 Å². The van der Waals surface area contributed by atoms with Crippen molar-refractivity contribution in [2.24, 2.45) is 0 Å². The van der Waals surface area contributed by atoms with E-state index in [2.05, 4.69) is 5.32 Å². The second-order valence-corrected chi connectivity index (χ2v) is 7.42. The summed E-state index contributed by atoms with van der Waals surface area (Å²) in [5.41, 5.74) is 2.43. The van der Waals surface area contributed by atoms with Gasteiger partial charge in [0.2, 0.25) is 11.8 Å². The molecule has 0 bridgehead atoms. The van der Waals surface area contributed by atoms with E-state index < -0.39 is 35.5 Å². The maximum absolute atomic E-state index is 14.9. The van der Waals surface area contributed by atoms with Crippen molar-refractivity contribution in [3.8, 4) is 0 Å². The molecule has 2 aromatic rings. The van der Waals surface area contributed by atoms with Crippen LogP contribution in [0.2, 0.25) is 0 Å². The Morgan fingerprint density at radius 2 is 1.55 bits per heavy atom. The average Bonchev–Trinajstić information content (AvgIpc) is 3.22. The molecule has 1 unspecified atom stereocenters. The van der Waals surface area contributed by atoms with Crippen LogP contribution in [0.4, 0.5) is 10.1 Å². The highest BCUT2D eigenvalue weighted by Gasteiger charge is 2.45. The minimum Gasteiger partial charge on any atom is -0.360 e. The molecule has 0 radical (unpaired) electrons. The van der Waals surface area contributed by atoms with E-state index in [1.165, 1.54) is 6.07 Å². The highest BCUT2D eigenvalue weighted by Crippen LogP contribution is 2.35. The number of benzene rings is 2. The first-order valence-electron chi connectivity index (χ1n) is 9.31. The van der Waals surface area contributed by atoms with E-state index >= 15 is 0 Å². The van der Waals surface area contributed by atoms with Crippen molar-refractivity contribution in [3.05, 3.63) is 64.5 Å². The molecular weight excluding hydrogens is 377 g/mol. The lowest BCUT2D eigenvalue weighted by Gasteiger charge is -2.27. The zero-order valence-electron chi connectivity index (χ0n) is 15.3. The fraction of sp³-hybridized carbons (Fsp3) is 0.238. The second-order valence-electron chi connectivity index (χ2n) is 7.42. The summed E-state index contributed by atoms with van der Waals surface area (Å²) in [6.45, 7) is 1.01. The summed E-state index contributed by atoms with van der Waals surface area (Å²) < 4.78 is 14.9. The molecule has 1 N–H and O–H groups in total. The quantitative estimate of drug-likeness (QED) is 0.786. The predicted octanol–water partition coefficient (Wildman–Crippen LogP) is 1.75. The number of nitrogens with one attached hydrogen (secondary N) is 1. The summed E-state index contributed by atoms with van der Waals surface area (Å²) in [7, 11) is 0. The summed E-state index contributed by atoms with van der Waals surface area (Å²) in [5.74, 6) is -3.08. The Bertz CT molecular complexity index is 1090. The maximum atomic E-state index is 14.9. The lowest BCUT2D eigenvalue weighted by Crippen LogP contribution is -2.54. The monoisotopic (exact) mass is 393 g/mol. The summed E-state index contributed by atoms with van der Waals surface area (Å²) in [4.78, 5) is 51.9. The minimum atomic E-state index is -1.07. The zero-order chi connectivity index (χ0) is 20.3. The molecule has 8 heteroatoms. The number of nitrogens with zero attached hydrogens (tertiary/aromatic N) is 2. The molecule has 146 valence electrons. The number of halogens is 1. The Morgan fingerprint density at radius 1 is 0.931 bits per heavy atom. The van der Waals surface area contributed by atoms with Crippen LogP contribution in [0.3, 0.4) is 0 Å². The van der Waals surface area contributed by atoms with E-state index in [0.29, 0.717) is 13.1 Å². The molecule has 4 amide bonds. The van der Waals surface area contributed by atoms with Crippen LogP contribution in [0, 0.1) is 5.82 Å². The molecule has 3 aliphatic rings. The molecule has 29 heavy (non-hydrogen) atoms. The van der Waals surface area contributed by atoms with Crippen molar-refractivity contribution in [2.75, 3.05) is 4.90 Å². The third-order valence-corrected chi connectivity index (χ3v) is 5.69. The van der Waals surface area contributed by atoms with Crippen molar-refractivity contribution in [1.82, 2.24) is 10.2 Å². The van der Waals surface area contributed by atoms with Crippen LogP contribution in [0.5, 0.6) is 0 Å². The van der Waals surface area contributed by atoms with E-state index in [-0.39, 0.29) is 29.7 Å². The van der Waals surface area contributed by atoms with Crippen LogP contribution in [-0.4, -0.2) is 34.6 Å². The van der Waals surface area contributed by atoms with Gasteiger partial charge < -0.3 is 4.90 Å². The molecule has 0 aliphatic carbocycles. The lowest BCUT2D eigenvalue weighted by atomic mass is 10.0. The first kappa shape index (κ1) is 17.5. The van der Waals surface area contributed by atoms with Crippen LogP contribution >= 0.6 is 0 Å². The van der Waals surface area contributed by atoms with Gasteiger partial charge in [0.15, 0.2) is 0 Å². The first-order chi connectivity index (χ1) is 13.9. The molecule has 0 aromatic heterocycles. The van der Waals surface area contributed by atoms with E-state index in [1.807, 2.05) is 29.2 Å². The second kappa shape index (κ2) is 6.23. The SMILES string of the molecule is O=C1CCC(N2C(=O)c3cc(F)c(N4Cc5ccccc5C4)cc3C2=O)C(=O)N1. The van der Waals surface area contributed by atoms with E-state index in [4.69, 9.17) is 0 Å². The summed E-state index contributed by atoms with van der Waals surface area (Å²) in [6.07, 6.45) is 0.0996. The van der Waals surface area contributed by atoms with Crippen LogP contribution in [0.1, 0.15) is 44.7 Å². The molecule has 0 saturated carbocycles. The lowest BCUT2D eigenvalue weighted by molar-refractivity contribution is -0.136. The van der Waals surface area contributed by atoms with E-state index in [0.717, 1.165) is 22.1 Å². The van der Waals surface area contributed by atoms with Gasteiger partial charge in [-0.05, 0) is 29.7 Å². The van der Waals surface area contributed by atoms with E-state index in [1.54, 1.807) is 0 Å². The Kier molecular flexibility index (Phi) is 3.77. The van der Waals surface area contributed by atoms with Crippen molar-refractivity contribution in [3.63, 3.8) is 0 Å². The number of amides is 4. The number of carbonyl (C=O) groups excluding carboxylic acids is 4. The number of imide groups is 2. The number of fused-ring (bicyclic) bond motifs is 2. The van der Waals surface area contributed by atoms with Crippen molar-refractivity contribution >= 4 is 29.3 Å². The smallest absolute Gasteiger partial charge is 0.262 e. The minimum absolute atomic E-state index is 0.0372. The molecular formula is C21H16FN3O4. The van der Waals surface area contributed by atoms with Gasteiger partial charge in [0.1, 0.15) is 11.9 Å². The number of hydrogen-bond acceptors (Lipinski definition) is 5. The third kappa shape index (κ3) is 2.63. The summed E-state index contributed by atoms with van der Waals surface area (Å²) >= 11 is 0. The Labute approximate surface area is 165 Å². The number of anilines is 1. The first-order valence-corrected chi connectivity index (χ1v) is 9.31. The number of rotatable bonds is 2. The van der Waals surface area contributed by atoms with Crippen LogP contribution in [0.25, 0.3) is 0 Å². The third-order valence-electron chi connectivity index (χ3n) is 5.69. The molecule has 3 aliphatic heterocycles. The van der Waals surface area contributed by atoms with Crippen molar-refractivity contribution in [1.29, 1.82) is 0 Å². The number of hydrogen-bond donors (Lipinski definition) is 1. The fourth-order valence-electron chi connectivity index (χ4n) is 4.22. The molecule has 2 aromatic carbocycles. The highest BCUT2D eigenvalue weighted by atomic mass is 19.1. The zero-order valence-corrected chi connectivity index (χ0v) is 15.3. The van der Waals surface area contributed by atoms with Crippen molar-refractivity contribution in [2.45, 2.75) is 32.0 Å². The maximum Gasteiger partial charge on any atom is 0.262 e. The predicted molar refractivity (Wildman–Crippen MR) is 99.4 cm³/mol. The Balaban J connectivity index is 1.48. The van der Waals surface area contributed by atoms with Gasteiger partial charge in [-0.25, -0.2) is 4.39 Å². The van der Waals surface area contributed by atoms with Gasteiger partial charge in [-0.2, -0.15) is 0 Å². The van der Waals surface area contributed by atoms with Gasteiger partial charge >= 0.3 is 0 Å². The Hall–Kier alpha value is -3.55. The molecule has 1 saturated heterocycles. The summed E-state index contributed by atoms with van der Waals surface area (Å²) in [5, 5.41) is 2.15. The number of carbonyl (C=O) groups is 4. The molecule has 3 heterocycles. The van der Waals surface area contributed by atoms with Gasteiger partial charge in [-0.15, -0.1) is 0 Å². The van der Waals surface area contributed by atoms with Crippen LogP contribution < -0.4 is 10.2 Å². The molecule has 7 nitrogen and oxygen atoms in total. The summed E-state index contributed by atoms with van der Waals surface area (Å²) in [6, 6.07) is 9.17. The molecule has 0 spiro atoms. The van der Waals surface area contributed by atoms with Crippen LogP contribution in [0.15, 0.2) is 36.4 Å². The van der Waals surface area contributed by atoms with Crippen LogP contribution in [-0.2, 0) is 22.7 Å². The van der Waals surface area contributed by atoms with Crippen molar-refractivity contribution < 1.29 is 23.6 Å². The normalized spacial score (nSPS) is 20.8. The largest absolute Gasteiger partial charge is 0.360 e. The Morgan fingerprint density at radius 3 is 2.17 bits per heavy atom. The fourth-order valence-corrected chi connectivity index (χ4v) is 4.22. The average molecular weight is 393 g/mol. The van der Waals surface area contributed by atoms with Gasteiger partial charge in [-0.3, -0.25) is 29.4 Å². The molecule has 5 rings (SSSR count). The highest BCUT2D eigenvalue weighted by molar-refractivity contribution is 6.23. The topological polar surface area (TPSA) is 86.8 Å². The molecule has 1 atom stereocenters. The van der Waals surface area contributed by atoms with Gasteiger partial charge in [0.05, 0.1) is 16.8 Å². The standard InChI is InChI=1S/C21H16FN3O4/c22-15-7-13-14(8-17(15)24-9-11-3-1-2-4-12(11)10-24)21(29)25(20(13)28)16-5-6-18(26)23-19(16)27/h1-4,7-8,16H,5-6,9-10H2,(H,23,26,27). The van der Waals surface area contributed by atoms with E-state index in [9.17, 15) is 23.6 Å².